The molecule has 150 valence electrons. The summed E-state index contributed by atoms with van der Waals surface area (Å²) in [5.41, 5.74) is 0.982. The normalized spacial score (nSPS) is 13.6. The van der Waals surface area contributed by atoms with E-state index >= 15 is 0 Å². The largest absolute Gasteiger partial charge is 0.352 e. The van der Waals surface area contributed by atoms with Crippen molar-refractivity contribution in [3.63, 3.8) is 0 Å². The zero-order valence-electron chi connectivity index (χ0n) is 16.6. The van der Waals surface area contributed by atoms with Crippen molar-refractivity contribution in [1.82, 2.24) is 25.0 Å². The molecule has 0 atom stereocenters. The van der Waals surface area contributed by atoms with E-state index in [1.807, 2.05) is 55.8 Å². The summed E-state index contributed by atoms with van der Waals surface area (Å²) in [5, 5.41) is 8.03. The number of hydrogen-bond acceptors (Lipinski definition) is 5. The van der Waals surface area contributed by atoms with Crippen LogP contribution in [0.2, 0.25) is 0 Å². The zero-order valence-corrected chi connectivity index (χ0v) is 17.4. The second-order valence-corrected chi connectivity index (χ2v) is 8.14. The minimum absolute atomic E-state index is 0.0580. The fourth-order valence-corrected chi connectivity index (χ4v) is 3.60. The SMILES string of the molecule is CCN(CC(=O)NC(C)C)C(=O)CSc1nc(C2CC2)n(-c2ccccc2)n1. The van der Waals surface area contributed by atoms with Gasteiger partial charge in [0.05, 0.1) is 18.0 Å². The van der Waals surface area contributed by atoms with E-state index in [9.17, 15) is 9.59 Å². The van der Waals surface area contributed by atoms with E-state index in [1.165, 1.54) is 11.8 Å². The van der Waals surface area contributed by atoms with Crippen LogP contribution < -0.4 is 5.32 Å². The van der Waals surface area contributed by atoms with Crippen LogP contribution in [0.4, 0.5) is 0 Å². The highest BCUT2D eigenvalue weighted by atomic mass is 32.2. The minimum Gasteiger partial charge on any atom is -0.352 e. The molecule has 0 aliphatic heterocycles. The van der Waals surface area contributed by atoms with Crippen molar-refractivity contribution < 1.29 is 9.59 Å². The lowest BCUT2D eigenvalue weighted by Gasteiger charge is -2.20. The Morgan fingerprint density at radius 3 is 2.61 bits per heavy atom. The average Bonchev–Trinajstić information content (AvgIpc) is 3.43. The molecule has 1 N–H and O–H groups in total. The Balaban J connectivity index is 1.64. The maximum absolute atomic E-state index is 12.5. The first-order valence-corrected chi connectivity index (χ1v) is 10.7. The van der Waals surface area contributed by atoms with Crippen molar-refractivity contribution >= 4 is 23.6 Å². The number of rotatable bonds is 9. The summed E-state index contributed by atoms with van der Waals surface area (Å²) < 4.78 is 1.89. The summed E-state index contributed by atoms with van der Waals surface area (Å²) >= 11 is 1.32. The molecule has 7 nitrogen and oxygen atoms in total. The maximum Gasteiger partial charge on any atom is 0.239 e. The highest BCUT2D eigenvalue weighted by Gasteiger charge is 2.30. The van der Waals surface area contributed by atoms with Crippen LogP contribution in [0.25, 0.3) is 5.69 Å². The average molecular weight is 402 g/mol. The molecule has 0 saturated heterocycles. The molecule has 1 heterocycles. The smallest absolute Gasteiger partial charge is 0.239 e. The first kappa shape index (κ1) is 20.4. The second-order valence-electron chi connectivity index (χ2n) is 7.19. The van der Waals surface area contributed by atoms with Gasteiger partial charge in [0.1, 0.15) is 5.82 Å². The molecule has 1 aromatic heterocycles. The van der Waals surface area contributed by atoms with Crippen LogP contribution in [-0.2, 0) is 9.59 Å². The van der Waals surface area contributed by atoms with Gasteiger partial charge in [-0.15, -0.1) is 5.10 Å². The number of benzene rings is 1. The topological polar surface area (TPSA) is 80.1 Å². The van der Waals surface area contributed by atoms with Gasteiger partial charge in [0.15, 0.2) is 0 Å². The van der Waals surface area contributed by atoms with Gasteiger partial charge in [-0.05, 0) is 45.7 Å². The van der Waals surface area contributed by atoms with Crippen LogP contribution >= 0.6 is 11.8 Å². The molecule has 28 heavy (non-hydrogen) atoms. The lowest BCUT2D eigenvalue weighted by atomic mass is 10.3. The first-order valence-electron chi connectivity index (χ1n) is 9.70. The van der Waals surface area contributed by atoms with E-state index in [-0.39, 0.29) is 30.2 Å². The fraction of sp³-hybridized carbons (Fsp3) is 0.500. The lowest BCUT2D eigenvalue weighted by Crippen LogP contribution is -2.43. The minimum atomic E-state index is -0.141. The molecular formula is C20H27N5O2S. The summed E-state index contributed by atoms with van der Waals surface area (Å²) in [7, 11) is 0. The Bertz CT molecular complexity index is 817. The van der Waals surface area contributed by atoms with E-state index in [2.05, 4.69) is 15.4 Å². The Hall–Kier alpha value is -2.35. The van der Waals surface area contributed by atoms with Gasteiger partial charge in [-0.1, -0.05) is 30.0 Å². The maximum atomic E-state index is 12.5. The molecule has 2 aromatic rings. The molecule has 1 aliphatic carbocycles. The number of aromatic nitrogens is 3. The molecule has 8 heteroatoms. The van der Waals surface area contributed by atoms with Crippen LogP contribution in [0, 0.1) is 0 Å². The van der Waals surface area contributed by atoms with Gasteiger partial charge in [-0.2, -0.15) is 0 Å². The number of nitrogens with one attached hydrogen (secondary N) is 1. The molecule has 1 fully saturated rings. The van der Waals surface area contributed by atoms with Crippen molar-refractivity contribution in [3.05, 3.63) is 36.2 Å². The van der Waals surface area contributed by atoms with E-state index in [0.29, 0.717) is 17.6 Å². The molecule has 0 spiro atoms. The van der Waals surface area contributed by atoms with Crippen molar-refractivity contribution in [3.8, 4) is 5.69 Å². The predicted molar refractivity (Wildman–Crippen MR) is 110 cm³/mol. The first-order chi connectivity index (χ1) is 13.5. The monoisotopic (exact) mass is 401 g/mol. The van der Waals surface area contributed by atoms with E-state index in [4.69, 9.17) is 0 Å². The Kier molecular flexibility index (Phi) is 6.72. The summed E-state index contributed by atoms with van der Waals surface area (Å²) in [6.45, 7) is 6.24. The molecule has 0 radical (unpaired) electrons. The molecule has 0 unspecified atom stereocenters. The van der Waals surface area contributed by atoms with Crippen molar-refractivity contribution in [2.24, 2.45) is 0 Å². The standard InChI is InChI=1S/C20H27N5O2S/c1-4-24(12-17(26)21-14(2)3)18(27)13-28-20-22-19(15-10-11-15)25(23-20)16-8-6-5-7-9-16/h5-9,14-15H,4,10-13H2,1-3H3,(H,21,26). The molecule has 3 rings (SSSR count). The number of amides is 2. The van der Waals surface area contributed by atoms with Crippen LogP contribution in [0.1, 0.15) is 45.4 Å². The summed E-state index contributed by atoms with van der Waals surface area (Å²) in [4.78, 5) is 30.7. The molecule has 2 amide bonds. The van der Waals surface area contributed by atoms with Crippen LogP contribution in [0.5, 0.6) is 0 Å². The number of thioether (sulfide) groups is 1. The van der Waals surface area contributed by atoms with Crippen molar-refractivity contribution in [2.75, 3.05) is 18.8 Å². The Labute approximate surface area is 169 Å². The number of carbonyl (C=O) groups excluding carboxylic acids is 2. The highest BCUT2D eigenvalue weighted by molar-refractivity contribution is 7.99. The quantitative estimate of drug-likeness (QED) is 0.654. The van der Waals surface area contributed by atoms with Crippen LogP contribution in [-0.4, -0.2) is 56.4 Å². The number of hydrogen-bond donors (Lipinski definition) is 1. The number of nitrogens with zero attached hydrogens (tertiary/aromatic N) is 4. The summed E-state index contributed by atoms with van der Waals surface area (Å²) in [6, 6.07) is 10.00. The molecule has 0 bridgehead atoms. The molecule has 1 aromatic carbocycles. The van der Waals surface area contributed by atoms with Crippen molar-refractivity contribution in [2.45, 2.75) is 50.7 Å². The van der Waals surface area contributed by atoms with Gasteiger partial charge in [0.2, 0.25) is 17.0 Å². The van der Waals surface area contributed by atoms with E-state index < -0.39 is 0 Å². The van der Waals surface area contributed by atoms with Gasteiger partial charge < -0.3 is 10.2 Å². The molecule has 1 saturated carbocycles. The highest BCUT2D eigenvalue weighted by Crippen LogP contribution is 2.40. The number of likely N-dealkylation sites (N-methyl/N-ethyl adjacent to an activating group) is 1. The fourth-order valence-electron chi connectivity index (χ4n) is 2.87. The number of carbonyl (C=O) groups is 2. The Morgan fingerprint density at radius 2 is 2.00 bits per heavy atom. The van der Waals surface area contributed by atoms with E-state index in [0.717, 1.165) is 24.4 Å². The van der Waals surface area contributed by atoms with E-state index in [1.54, 1.807) is 4.90 Å². The van der Waals surface area contributed by atoms with Crippen molar-refractivity contribution in [1.29, 1.82) is 0 Å². The molecule has 1 aliphatic rings. The second kappa shape index (κ2) is 9.23. The third kappa shape index (κ3) is 5.34. The van der Waals surface area contributed by atoms with Gasteiger partial charge in [0.25, 0.3) is 0 Å². The predicted octanol–water partition coefficient (Wildman–Crippen LogP) is 2.61. The van der Waals surface area contributed by atoms with Gasteiger partial charge in [-0.3, -0.25) is 9.59 Å². The zero-order chi connectivity index (χ0) is 20.1. The summed E-state index contributed by atoms with van der Waals surface area (Å²) in [6.07, 6.45) is 2.26. The third-order valence-corrected chi connectivity index (χ3v) is 5.22. The summed E-state index contributed by atoms with van der Waals surface area (Å²) in [5.74, 6) is 1.40. The number of para-hydroxylation sites is 1. The van der Waals surface area contributed by atoms with Crippen LogP contribution in [0.15, 0.2) is 35.5 Å². The van der Waals surface area contributed by atoms with Gasteiger partial charge in [0, 0.05) is 18.5 Å². The lowest BCUT2D eigenvalue weighted by molar-refractivity contribution is -0.134. The van der Waals surface area contributed by atoms with Crippen LogP contribution in [0.3, 0.4) is 0 Å². The van der Waals surface area contributed by atoms with Gasteiger partial charge in [-0.25, -0.2) is 9.67 Å². The molecular weight excluding hydrogens is 374 g/mol. The van der Waals surface area contributed by atoms with Gasteiger partial charge >= 0.3 is 0 Å². The Morgan fingerprint density at radius 1 is 1.29 bits per heavy atom. The third-order valence-electron chi connectivity index (χ3n) is 4.40.